The summed E-state index contributed by atoms with van der Waals surface area (Å²) in [6.45, 7) is 1.43. The summed E-state index contributed by atoms with van der Waals surface area (Å²) in [7, 11) is 1.57. The van der Waals surface area contributed by atoms with Gasteiger partial charge in [-0.15, -0.1) is 0 Å². The average molecular weight is 324 g/mol. The van der Waals surface area contributed by atoms with E-state index in [1.54, 1.807) is 31.4 Å². The molecule has 1 heterocycles. The average Bonchev–Trinajstić information content (AvgIpc) is 2.89. The number of hydrogen-bond acceptors (Lipinski definition) is 5. The van der Waals surface area contributed by atoms with Crippen molar-refractivity contribution in [3.63, 3.8) is 0 Å². The topological polar surface area (TPSA) is 61.8 Å². The number of fused-ring (bicyclic) bond motifs is 1. The second kappa shape index (κ2) is 6.58. The molecule has 0 aromatic heterocycles. The fourth-order valence-electron chi connectivity index (χ4n) is 2.37. The highest BCUT2D eigenvalue weighted by Gasteiger charge is 2.28. The van der Waals surface area contributed by atoms with Crippen molar-refractivity contribution < 1.29 is 23.8 Å². The predicted octanol–water partition coefficient (Wildman–Crippen LogP) is 3.28. The molecular weight excluding hydrogens is 308 g/mol. The maximum absolute atomic E-state index is 12.4. The zero-order valence-electron chi connectivity index (χ0n) is 13.4. The van der Waals surface area contributed by atoms with Crippen molar-refractivity contribution in [3.8, 4) is 17.2 Å². The number of para-hydroxylation sites is 1. The zero-order valence-corrected chi connectivity index (χ0v) is 13.4. The molecule has 0 atom stereocenters. The van der Waals surface area contributed by atoms with Crippen LogP contribution in [0, 0.1) is 0 Å². The van der Waals surface area contributed by atoms with Gasteiger partial charge in [0.25, 0.3) is 0 Å². The maximum Gasteiger partial charge on any atom is 0.231 e. The Morgan fingerprint density at radius 1 is 1.21 bits per heavy atom. The van der Waals surface area contributed by atoms with E-state index >= 15 is 0 Å². The summed E-state index contributed by atoms with van der Waals surface area (Å²) in [5.74, 6) is 1.50. The molecule has 0 fully saturated rings. The number of ketones is 2. The van der Waals surface area contributed by atoms with Gasteiger partial charge >= 0.3 is 0 Å². The van der Waals surface area contributed by atoms with Crippen LogP contribution in [0.1, 0.15) is 22.8 Å². The molecule has 0 unspecified atom stereocenters. The number of Topliss-reactive ketones (excluding diaryl/α,β-unsaturated/α-hetero) is 2. The molecule has 24 heavy (non-hydrogen) atoms. The van der Waals surface area contributed by atoms with Gasteiger partial charge in [0, 0.05) is 11.6 Å². The Labute approximate surface area is 139 Å². The Hall–Kier alpha value is -3.08. The van der Waals surface area contributed by atoms with Crippen LogP contribution in [0.4, 0.5) is 0 Å². The third-order valence-corrected chi connectivity index (χ3v) is 3.51. The van der Waals surface area contributed by atoms with Crippen LogP contribution in [0.5, 0.6) is 17.2 Å². The standard InChI is InChI=1S/C19H16O5/c1-12(20)11-23-14-7-8-15-17(10-14)24-18(19(15)21)9-13-5-3-4-6-16(13)22-2/h3-10H,11H2,1-2H3. The number of benzene rings is 2. The third kappa shape index (κ3) is 3.15. The van der Waals surface area contributed by atoms with Gasteiger partial charge in [0.2, 0.25) is 5.78 Å². The second-order valence-corrected chi connectivity index (χ2v) is 5.33. The molecule has 0 saturated heterocycles. The highest BCUT2D eigenvalue weighted by Crippen LogP contribution is 2.35. The maximum atomic E-state index is 12.4. The van der Waals surface area contributed by atoms with Crippen molar-refractivity contribution in [2.24, 2.45) is 0 Å². The molecule has 0 saturated carbocycles. The molecule has 2 aromatic carbocycles. The van der Waals surface area contributed by atoms with E-state index in [2.05, 4.69) is 0 Å². The van der Waals surface area contributed by atoms with E-state index in [9.17, 15) is 9.59 Å². The summed E-state index contributed by atoms with van der Waals surface area (Å²) >= 11 is 0. The first kappa shape index (κ1) is 15.8. The van der Waals surface area contributed by atoms with E-state index in [1.807, 2.05) is 24.3 Å². The molecule has 1 aliphatic rings. The van der Waals surface area contributed by atoms with E-state index in [0.717, 1.165) is 5.56 Å². The van der Waals surface area contributed by atoms with Crippen LogP contribution in [0.15, 0.2) is 48.2 Å². The molecule has 0 N–H and O–H groups in total. The Morgan fingerprint density at radius 2 is 2.00 bits per heavy atom. The Morgan fingerprint density at radius 3 is 2.75 bits per heavy atom. The van der Waals surface area contributed by atoms with Crippen LogP contribution in [-0.2, 0) is 4.79 Å². The zero-order chi connectivity index (χ0) is 17.1. The summed E-state index contributed by atoms with van der Waals surface area (Å²) in [5, 5.41) is 0. The van der Waals surface area contributed by atoms with E-state index < -0.39 is 0 Å². The van der Waals surface area contributed by atoms with Gasteiger partial charge in [-0.2, -0.15) is 0 Å². The highest BCUT2D eigenvalue weighted by molar-refractivity contribution is 6.14. The lowest BCUT2D eigenvalue weighted by molar-refractivity contribution is -0.118. The van der Waals surface area contributed by atoms with Crippen molar-refractivity contribution in [1.29, 1.82) is 0 Å². The predicted molar refractivity (Wildman–Crippen MR) is 88.5 cm³/mol. The minimum atomic E-state index is -0.200. The van der Waals surface area contributed by atoms with Gasteiger partial charge in [0.15, 0.2) is 11.5 Å². The molecule has 0 amide bonds. The Balaban J connectivity index is 1.87. The van der Waals surface area contributed by atoms with Crippen molar-refractivity contribution in [1.82, 2.24) is 0 Å². The molecule has 0 bridgehead atoms. The van der Waals surface area contributed by atoms with Crippen molar-refractivity contribution in [3.05, 3.63) is 59.4 Å². The molecule has 3 rings (SSSR count). The Bertz CT molecular complexity index is 835. The molecule has 0 aliphatic carbocycles. The van der Waals surface area contributed by atoms with E-state index in [1.165, 1.54) is 6.92 Å². The normalized spacial score (nSPS) is 14.2. The van der Waals surface area contributed by atoms with Gasteiger partial charge in [-0.05, 0) is 31.2 Å². The molecule has 5 nitrogen and oxygen atoms in total. The molecular formula is C19H16O5. The van der Waals surface area contributed by atoms with Crippen LogP contribution < -0.4 is 14.2 Å². The van der Waals surface area contributed by atoms with E-state index in [-0.39, 0.29) is 23.9 Å². The van der Waals surface area contributed by atoms with Gasteiger partial charge in [0.1, 0.15) is 23.9 Å². The number of allylic oxidation sites excluding steroid dienone is 1. The van der Waals surface area contributed by atoms with E-state index in [4.69, 9.17) is 14.2 Å². The number of rotatable bonds is 5. The second-order valence-electron chi connectivity index (χ2n) is 5.33. The molecule has 5 heteroatoms. The third-order valence-electron chi connectivity index (χ3n) is 3.51. The first-order valence-electron chi connectivity index (χ1n) is 7.42. The minimum absolute atomic E-state index is 0.0172. The lowest BCUT2D eigenvalue weighted by Crippen LogP contribution is -2.06. The van der Waals surface area contributed by atoms with Gasteiger partial charge in [-0.1, -0.05) is 18.2 Å². The van der Waals surface area contributed by atoms with Crippen LogP contribution in [0.2, 0.25) is 0 Å². The molecule has 122 valence electrons. The SMILES string of the molecule is COc1ccccc1C=C1Oc2cc(OCC(C)=O)ccc2C1=O. The summed E-state index contributed by atoms with van der Waals surface area (Å²) in [5.41, 5.74) is 1.22. The number of methoxy groups -OCH3 is 1. The van der Waals surface area contributed by atoms with Crippen molar-refractivity contribution in [2.45, 2.75) is 6.92 Å². The first-order chi connectivity index (χ1) is 11.6. The number of carbonyl (C=O) groups is 2. The molecule has 1 aliphatic heterocycles. The lowest BCUT2D eigenvalue weighted by atomic mass is 10.1. The van der Waals surface area contributed by atoms with Crippen molar-refractivity contribution >= 4 is 17.6 Å². The highest BCUT2D eigenvalue weighted by atomic mass is 16.5. The molecule has 0 spiro atoms. The van der Waals surface area contributed by atoms with Gasteiger partial charge in [-0.25, -0.2) is 0 Å². The first-order valence-corrected chi connectivity index (χ1v) is 7.42. The quantitative estimate of drug-likeness (QED) is 0.790. The molecule has 2 aromatic rings. The summed E-state index contributed by atoms with van der Waals surface area (Å²) in [6, 6.07) is 12.3. The summed E-state index contributed by atoms with van der Waals surface area (Å²) < 4.78 is 16.3. The monoisotopic (exact) mass is 324 g/mol. The smallest absolute Gasteiger partial charge is 0.231 e. The fraction of sp³-hybridized carbons (Fsp3) is 0.158. The van der Waals surface area contributed by atoms with E-state index in [0.29, 0.717) is 22.8 Å². The number of carbonyl (C=O) groups excluding carboxylic acids is 2. The van der Waals surface area contributed by atoms with Crippen LogP contribution >= 0.6 is 0 Å². The summed E-state index contributed by atoms with van der Waals surface area (Å²) in [4.78, 5) is 23.4. The van der Waals surface area contributed by atoms with Gasteiger partial charge < -0.3 is 14.2 Å². The van der Waals surface area contributed by atoms with Gasteiger partial charge in [-0.3, -0.25) is 9.59 Å². The fourth-order valence-corrected chi connectivity index (χ4v) is 2.37. The number of ether oxygens (including phenoxy) is 3. The van der Waals surface area contributed by atoms with Crippen LogP contribution in [-0.4, -0.2) is 25.3 Å². The number of hydrogen-bond donors (Lipinski definition) is 0. The van der Waals surface area contributed by atoms with Crippen LogP contribution in [0.25, 0.3) is 6.08 Å². The van der Waals surface area contributed by atoms with Crippen LogP contribution in [0.3, 0.4) is 0 Å². The largest absolute Gasteiger partial charge is 0.496 e. The van der Waals surface area contributed by atoms with Crippen molar-refractivity contribution in [2.75, 3.05) is 13.7 Å². The van der Waals surface area contributed by atoms with Gasteiger partial charge in [0.05, 0.1) is 12.7 Å². The molecule has 0 radical (unpaired) electrons. The summed E-state index contributed by atoms with van der Waals surface area (Å²) in [6.07, 6.45) is 1.65. The Kier molecular flexibility index (Phi) is 4.33. The lowest BCUT2D eigenvalue weighted by Gasteiger charge is -2.05. The minimum Gasteiger partial charge on any atom is -0.496 e.